The van der Waals surface area contributed by atoms with Crippen molar-refractivity contribution in [3.05, 3.63) is 54.1 Å². The van der Waals surface area contributed by atoms with E-state index in [1.165, 1.54) is 18.7 Å². The third-order valence-corrected chi connectivity index (χ3v) is 6.55. The molecule has 1 aliphatic heterocycles. The second-order valence-corrected chi connectivity index (χ2v) is 9.50. The molecule has 0 radical (unpaired) electrons. The standard InChI is InChI=1S/C24H30N4O3S/c1-16(32-21-11-9-20(10-12-21)26-17(2)29)24(31)27-22-8-4-3-6-18(22)14-28-13-5-7-19(15-28)23(25)30/h3-4,6,8-12,16,19H,5,7,13-15H2,1-2H3,(H2,25,30)(H,26,29)(H,27,31). The first-order valence-electron chi connectivity index (χ1n) is 10.8. The number of carbonyl (C=O) groups is 3. The molecule has 2 aromatic rings. The quantitative estimate of drug-likeness (QED) is 0.530. The molecule has 2 aromatic carbocycles. The number of likely N-dealkylation sites (tertiary alicyclic amines) is 1. The molecule has 8 heteroatoms. The van der Waals surface area contributed by atoms with Gasteiger partial charge in [0.15, 0.2) is 0 Å². The van der Waals surface area contributed by atoms with Gasteiger partial charge in [0, 0.05) is 36.3 Å². The monoisotopic (exact) mass is 454 g/mol. The highest BCUT2D eigenvalue weighted by molar-refractivity contribution is 8.00. The van der Waals surface area contributed by atoms with Crippen molar-refractivity contribution in [2.75, 3.05) is 23.7 Å². The number of nitrogens with one attached hydrogen (secondary N) is 2. The van der Waals surface area contributed by atoms with Crippen molar-refractivity contribution in [1.82, 2.24) is 4.90 Å². The first kappa shape index (κ1) is 23.8. The van der Waals surface area contributed by atoms with Gasteiger partial charge in [0.1, 0.15) is 0 Å². The minimum Gasteiger partial charge on any atom is -0.369 e. The Morgan fingerprint density at radius 3 is 2.53 bits per heavy atom. The summed E-state index contributed by atoms with van der Waals surface area (Å²) in [6.45, 7) is 5.55. The normalized spacial score (nSPS) is 17.4. The Bertz CT molecular complexity index is 964. The van der Waals surface area contributed by atoms with Crippen LogP contribution in [0.3, 0.4) is 0 Å². The number of primary amides is 1. The number of rotatable bonds is 8. The van der Waals surface area contributed by atoms with Gasteiger partial charge in [-0.25, -0.2) is 0 Å². The number of amides is 3. The molecule has 170 valence electrons. The van der Waals surface area contributed by atoms with Gasteiger partial charge < -0.3 is 16.4 Å². The lowest BCUT2D eigenvalue weighted by atomic mass is 9.97. The highest BCUT2D eigenvalue weighted by Gasteiger charge is 2.24. The largest absolute Gasteiger partial charge is 0.369 e. The number of thioether (sulfide) groups is 1. The van der Waals surface area contributed by atoms with Crippen LogP contribution in [0.4, 0.5) is 11.4 Å². The van der Waals surface area contributed by atoms with E-state index in [0.29, 0.717) is 13.1 Å². The Hall–Kier alpha value is -2.84. The minimum atomic E-state index is -0.302. The molecule has 2 atom stereocenters. The lowest BCUT2D eigenvalue weighted by Gasteiger charge is -2.31. The van der Waals surface area contributed by atoms with Crippen LogP contribution < -0.4 is 16.4 Å². The summed E-state index contributed by atoms with van der Waals surface area (Å²) in [5.74, 6) is -0.556. The van der Waals surface area contributed by atoms with Gasteiger partial charge in [-0.2, -0.15) is 0 Å². The molecular weight excluding hydrogens is 424 g/mol. The number of hydrogen-bond donors (Lipinski definition) is 3. The molecule has 7 nitrogen and oxygen atoms in total. The smallest absolute Gasteiger partial charge is 0.237 e. The van der Waals surface area contributed by atoms with Gasteiger partial charge >= 0.3 is 0 Å². The van der Waals surface area contributed by atoms with Gasteiger partial charge in [0.25, 0.3) is 0 Å². The predicted molar refractivity (Wildman–Crippen MR) is 128 cm³/mol. The molecule has 0 spiro atoms. The third kappa shape index (κ3) is 6.83. The van der Waals surface area contributed by atoms with Crippen molar-refractivity contribution in [1.29, 1.82) is 0 Å². The second kappa shape index (κ2) is 11.2. The average Bonchev–Trinajstić information content (AvgIpc) is 2.76. The molecule has 32 heavy (non-hydrogen) atoms. The summed E-state index contributed by atoms with van der Waals surface area (Å²) in [6, 6.07) is 15.2. The number of benzene rings is 2. The molecule has 2 unspecified atom stereocenters. The maximum atomic E-state index is 12.9. The van der Waals surface area contributed by atoms with E-state index in [-0.39, 0.29) is 28.9 Å². The lowest BCUT2D eigenvalue weighted by molar-refractivity contribution is -0.123. The zero-order chi connectivity index (χ0) is 23.1. The van der Waals surface area contributed by atoms with Crippen LogP contribution in [0.25, 0.3) is 0 Å². The maximum absolute atomic E-state index is 12.9. The van der Waals surface area contributed by atoms with Gasteiger partial charge in [-0.15, -0.1) is 11.8 Å². The maximum Gasteiger partial charge on any atom is 0.237 e. The first-order chi connectivity index (χ1) is 15.3. The SMILES string of the molecule is CC(=O)Nc1ccc(SC(C)C(=O)Nc2ccccc2CN2CCCC(C(N)=O)C2)cc1. The van der Waals surface area contributed by atoms with Gasteiger partial charge in [0.05, 0.1) is 11.2 Å². The number of nitrogens with zero attached hydrogens (tertiary/aromatic N) is 1. The molecule has 0 bridgehead atoms. The van der Waals surface area contributed by atoms with Crippen LogP contribution in [0.5, 0.6) is 0 Å². The van der Waals surface area contributed by atoms with Gasteiger partial charge in [-0.1, -0.05) is 18.2 Å². The minimum absolute atomic E-state index is 0.0814. The van der Waals surface area contributed by atoms with E-state index >= 15 is 0 Å². The van der Waals surface area contributed by atoms with Gasteiger partial charge in [-0.05, 0) is 62.2 Å². The molecular formula is C24H30N4O3S. The van der Waals surface area contributed by atoms with Crippen LogP contribution in [0, 0.1) is 5.92 Å². The van der Waals surface area contributed by atoms with Crippen molar-refractivity contribution in [2.45, 2.75) is 43.4 Å². The third-order valence-electron chi connectivity index (χ3n) is 5.43. The van der Waals surface area contributed by atoms with Gasteiger partial charge in [0.2, 0.25) is 17.7 Å². The van der Waals surface area contributed by atoms with E-state index < -0.39 is 0 Å². The van der Waals surface area contributed by atoms with Crippen molar-refractivity contribution in [3.63, 3.8) is 0 Å². The van der Waals surface area contributed by atoms with Crippen LogP contribution in [0.1, 0.15) is 32.3 Å². The fourth-order valence-corrected chi connectivity index (χ4v) is 4.63. The summed E-state index contributed by atoms with van der Waals surface area (Å²) in [6.07, 6.45) is 1.78. The number of hydrogen-bond acceptors (Lipinski definition) is 5. The fraction of sp³-hybridized carbons (Fsp3) is 0.375. The Labute approximate surface area is 193 Å². The Kier molecular flexibility index (Phi) is 8.30. The second-order valence-electron chi connectivity index (χ2n) is 8.09. The van der Waals surface area contributed by atoms with Crippen molar-refractivity contribution in [3.8, 4) is 0 Å². The van der Waals surface area contributed by atoms with E-state index in [9.17, 15) is 14.4 Å². The molecule has 3 amide bonds. The summed E-state index contributed by atoms with van der Waals surface area (Å²) in [5, 5.41) is 5.49. The Morgan fingerprint density at radius 2 is 1.84 bits per heavy atom. The number of para-hydroxylation sites is 1. The van der Waals surface area contributed by atoms with Crippen LogP contribution in [-0.4, -0.2) is 41.0 Å². The zero-order valence-electron chi connectivity index (χ0n) is 18.5. The zero-order valence-corrected chi connectivity index (χ0v) is 19.3. The van der Waals surface area contributed by atoms with E-state index in [1.54, 1.807) is 0 Å². The first-order valence-corrected chi connectivity index (χ1v) is 11.6. The topological polar surface area (TPSA) is 105 Å². The van der Waals surface area contributed by atoms with Crippen molar-refractivity contribution in [2.24, 2.45) is 11.7 Å². The van der Waals surface area contributed by atoms with E-state index in [0.717, 1.165) is 41.2 Å². The van der Waals surface area contributed by atoms with E-state index in [2.05, 4.69) is 15.5 Å². The molecule has 3 rings (SSSR count). The van der Waals surface area contributed by atoms with Crippen LogP contribution in [-0.2, 0) is 20.9 Å². The summed E-state index contributed by atoms with van der Waals surface area (Å²) >= 11 is 1.46. The number of anilines is 2. The summed E-state index contributed by atoms with van der Waals surface area (Å²) in [7, 11) is 0. The van der Waals surface area contributed by atoms with Crippen LogP contribution in [0.15, 0.2) is 53.4 Å². The van der Waals surface area contributed by atoms with Crippen molar-refractivity contribution >= 4 is 40.9 Å². The summed E-state index contributed by atoms with van der Waals surface area (Å²) < 4.78 is 0. The summed E-state index contributed by atoms with van der Waals surface area (Å²) in [4.78, 5) is 38.7. The number of nitrogens with two attached hydrogens (primary N) is 1. The molecule has 4 N–H and O–H groups in total. The highest BCUT2D eigenvalue weighted by Crippen LogP contribution is 2.27. The van der Waals surface area contributed by atoms with Crippen LogP contribution in [0.2, 0.25) is 0 Å². The Balaban J connectivity index is 1.60. The number of piperidine rings is 1. The van der Waals surface area contributed by atoms with E-state index in [1.807, 2.05) is 55.5 Å². The molecule has 1 fully saturated rings. The molecule has 0 saturated carbocycles. The molecule has 1 saturated heterocycles. The molecule has 1 aliphatic rings. The number of carbonyl (C=O) groups excluding carboxylic acids is 3. The summed E-state index contributed by atoms with van der Waals surface area (Å²) in [5.41, 5.74) is 8.03. The fourth-order valence-electron chi connectivity index (χ4n) is 3.76. The molecule has 0 aromatic heterocycles. The molecule has 1 heterocycles. The lowest BCUT2D eigenvalue weighted by Crippen LogP contribution is -2.40. The van der Waals surface area contributed by atoms with Crippen LogP contribution >= 0.6 is 11.8 Å². The van der Waals surface area contributed by atoms with Gasteiger partial charge in [-0.3, -0.25) is 19.3 Å². The highest BCUT2D eigenvalue weighted by atomic mass is 32.2. The Morgan fingerprint density at radius 1 is 1.12 bits per heavy atom. The van der Waals surface area contributed by atoms with Crippen molar-refractivity contribution < 1.29 is 14.4 Å². The molecule has 0 aliphatic carbocycles. The van der Waals surface area contributed by atoms with E-state index in [4.69, 9.17) is 5.73 Å². The predicted octanol–water partition coefficient (Wildman–Crippen LogP) is 3.46. The average molecular weight is 455 g/mol.